The van der Waals surface area contributed by atoms with Crippen molar-refractivity contribution in [3.63, 3.8) is 0 Å². The summed E-state index contributed by atoms with van der Waals surface area (Å²) in [6.07, 6.45) is -0.322. The zero-order valence-electron chi connectivity index (χ0n) is 15.9. The molecule has 150 valence electrons. The summed E-state index contributed by atoms with van der Waals surface area (Å²) in [5.41, 5.74) is 0.949. The fraction of sp³-hybridized carbons (Fsp3) is 0.667. The van der Waals surface area contributed by atoms with E-state index >= 15 is 0 Å². The highest BCUT2D eigenvalue weighted by Crippen LogP contribution is 1.92. The molecule has 0 aliphatic carbocycles. The molecule has 0 saturated heterocycles. The van der Waals surface area contributed by atoms with Gasteiger partial charge in [0.25, 0.3) is 0 Å². The van der Waals surface area contributed by atoms with Gasteiger partial charge in [0, 0.05) is 37.3 Å². The monoisotopic (exact) mass is 370 g/mol. The highest BCUT2D eigenvalue weighted by molar-refractivity contribution is 5.92. The average molecular weight is 370 g/mol. The van der Waals surface area contributed by atoms with Crippen LogP contribution < -0.4 is 21.3 Å². The Morgan fingerprint density at radius 3 is 1.42 bits per heavy atom. The summed E-state index contributed by atoms with van der Waals surface area (Å²) in [5.74, 6) is -0.323. The van der Waals surface area contributed by atoms with Gasteiger partial charge in [-0.25, -0.2) is 0 Å². The van der Waals surface area contributed by atoms with Crippen molar-refractivity contribution in [2.45, 2.75) is 38.9 Å². The Hall–Kier alpha value is -1.74. The summed E-state index contributed by atoms with van der Waals surface area (Å²) < 4.78 is 0. The zero-order valence-corrected chi connectivity index (χ0v) is 15.9. The molecule has 0 fully saturated rings. The summed E-state index contributed by atoms with van der Waals surface area (Å²) in [6.45, 7) is 13.2. The number of hydrogen-bond donors (Lipinski definition) is 6. The SMILES string of the molecule is C=C(C)C(=O)NCCCNCC(O)C(O)CNCCCNC(=O)C(=C)C. The number of aliphatic hydroxyl groups excluding tert-OH is 2. The van der Waals surface area contributed by atoms with Gasteiger partial charge in [-0.2, -0.15) is 0 Å². The van der Waals surface area contributed by atoms with Crippen molar-refractivity contribution in [2.75, 3.05) is 39.3 Å². The number of carbonyl (C=O) groups is 2. The molecular formula is C18H34N4O4. The van der Waals surface area contributed by atoms with Gasteiger partial charge < -0.3 is 31.5 Å². The maximum atomic E-state index is 11.3. The molecule has 26 heavy (non-hydrogen) atoms. The number of hydrogen-bond acceptors (Lipinski definition) is 6. The van der Waals surface area contributed by atoms with Crippen molar-refractivity contribution in [1.82, 2.24) is 21.3 Å². The molecule has 6 N–H and O–H groups in total. The van der Waals surface area contributed by atoms with Gasteiger partial charge in [0.05, 0.1) is 12.2 Å². The summed E-state index contributed by atoms with van der Waals surface area (Å²) >= 11 is 0. The Morgan fingerprint density at radius 2 is 1.12 bits per heavy atom. The van der Waals surface area contributed by atoms with Gasteiger partial charge in [0.1, 0.15) is 0 Å². The first kappa shape index (κ1) is 24.3. The summed E-state index contributed by atoms with van der Waals surface area (Å²) in [7, 11) is 0. The van der Waals surface area contributed by atoms with Crippen molar-refractivity contribution < 1.29 is 19.8 Å². The third-order valence-electron chi connectivity index (χ3n) is 3.56. The second-order valence-electron chi connectivity index (χ2n) is 6.32. The van der Waals surface area contributed by atoms with Crippen LogP contribution in [0.25, 0.3) is 0 Å². The van der Waals surface area contributed by atoms with Crippen LogP contribution in [0.1, 0.15) is 26.7 Å². The third kappa shape index (κ3) is 12.6. The molecule has 0 heterocycles. The maximum absolute atomic E-state index is 11.3. The van der Waals surface area contributed by atoms with Crippen molar-refractivity contribution in [3.8, 4) is 0 Å². The fourth-order valence-electron chi connectivity index (χ4n) is 1.90. The maximum Gasteiger partial charge on any atom is 0.246 e. The molecule has 8 heteroatoms. The van der Waals surface area contributed by atoms with Gasteiger partial charge >= 0.3 is 0 Å². The van der Waals surface area contributed by atoms with Crippen molar-refractivity contribution >= 4 is 11.8 Å². The second-order valence-corrected chi connectivity index (χ2v) is 6.32. The van der Waals surface area contributed by atoms with E-state index in [0.29, 0.717) is 37.3 Å². The number of amides is 2. The number of nitrogens with one attached hydrogen (secondary N) is 4. The highest BCUT2D eigenvalue weighted by atomic mass is 16.3. The Bertz CT molecular complexity index is 426. The Labute approximate surface area is 156 Å². The Balaban J connectivity index is 3.58. The van der Waals surface area contributed by atoms with Gasteiger partial charge in [-0.15, -0.1) is 0 Å². The predicted molar refractivity (Wildman–Crippen MR) is 103 cm³/mol. The number of rotatable bonds is 15. The molecule has 0 saturated carbocycles. The van der Waals surface area contributed by atoms with Gasteiger partial charge in [0.15, 0.2) is 0 Å². The molecule has 2 unspecified atom stereocenters. The molecule has 0 bridgehead atoms. The van der Waals surface area contributed by atoms with Crippen LogP contribution in [0, 0.1) is 0 Å². The summed E-state index contributed by atoms with van der Waals surface area (Å²) in [6, 6.07) is 0. The zero-order chi connectivity index (χ0) is 19.9. The molecule has 0 spiro atoms. The minimum absolute atomic E-state index is 0.161. The second kappa shape index (κ2) is 14.4. The number of aliphatic hydroxyl groups is 2. The van der Waals surface area contributed by atoms with Crippen LogP contribution in [0.4, 0.5) is 0 Å². The normalized spacial score (nSPS) is 12.9. The summed E-state index contributed by atoms with van der Waals surface area (Å²) in [5, 5.41) is 31.3. The van der Waals surface area contributed by atoms with Crippen LogP contribution in [0.2, 0.25) is 0 Å². The van der Waals surface area contributed by atoms with Crippen molar-refractivity contribution in [3.05, 3.63) is 24.3 Å². The first-order valence-electron chi connectivity index (χ1n) is 8.90. The van der Waals surface area contributed by atoms with Crippen LogP contribution in [-0.2, 0) is 9.59 Å². The predicted octanol–water partition coefficient (Wildman–Crippen LogP) is -0.948. The van der Waals surface area contributed by atoms with Gasteiger partial charge in [-0.05, 0) is 39.8 Å². The largest absolute Gasteiger partial charge is 0.389 e. The van der Waals surface area contributed by atoms with E-state index < -0.39 is 12.2 Å². The lowest BCUT2D eigenvalue weighted by Crippen LogP contribution is -2.43. The van der Waals surface area contributed by atoms with Crippen molar-refractivity contribution in [1.29, 1.82) is 0 Å². The fourth-order valence-corrected chi connectivity index (χ4v) is 1.90. The smallest absolute Gasteiger partial charge is 0.246 e. The van der Waals surface area contributed by atoms with Crippen molar-refractivity contribution in [2.24, 2.45) is 0 Å². The molecule has 0 aliphatic rings. The van der Waals surface area contributed by atoms with E-state index in [0.717, 1.165) is 12.8 Å². The average Bonchev–Trinajstić information content (AvgIpc) is 2.59. The lowest BCUT2D eigenvalue weighted by Gasteiger charge is -2.19. The van der Waals surface area contributed by atoms with E-state index in [1.54, 1.807) is 13.8 Å². The molecule has 0 radical (unpaired) electrons. The quantitative estimate of drug-likeness (QED) is 0.163. The Morgan fingerprint density at radius 1 is 0.769 bits per heavy atom. The van der Waals surface area contributed by atoms with Crippen LogP contribution in [0.3, 0.4) is 0 Å². The molecule has 0 aromatic carbocycles. The van der Waals surface area contributed by atoms with E-state index in [9.17, 15) is 19.8 Å². The van der Waals surface area contributed by atoms with E-state index in [1.165, 1.54) is 0 Å². The molecule has 0 rings (SSSR count). The third-order valence-corrected chi connectivity index (χ3v) is 3.56. The number of carbonyl (C=O) groups excluding carboxylic acids is 2. The highest BCUT2D eigenvalue weighted by Gasteiger charge is 2.15. The van der Waals surface area contributed by atoms with Crippen LogP contribution >= 0.6 is 0 Å². The van der Waals surface area contributed by atoms with Crippen LogP contribution in [0.5, 0.6) is 0 Å². The van der Waals surface area contributed by atoms with Crippen LogP contribution in [0.15, 0.2) is 24.3 Å². The van der Waals surface area contributed by atoms with E-state index in [2.05, 4.69) is 34.4 Å². The standard InChI is InChI=1S/C18H34N4O4/c1-13(2)17(25)21-9-5-7-19-11-15(23)16(24)12-20-8-6-10-22-18(26)14(3)4/h15-16,19-20,23-24H,1,3,5-12H2,2,4H3,(H,21,25)(H,22,26). The lowest BCUT2D eigenvalue weighted by atomic mass is 10.2. The lowest BCUT2D eigenvalue weighted by molar-refractivity contribution is -0.118. The van der Waals surface area contributed by atoms with Gasteiger partial charge in [0.2, 0.25) is 11.8 Å². The molecule has 0 aromatic rings. The molecule has 0 aromatic heterocycles. The minimum atomic E-state index is -0.879. The summed E-state index contributed by atoms with van der Waals surface area (Å²) in [4.78, 5) is 22.5. The molecular weight excluding hydrogens is 336 g/mol. The van der Waals surface area contributed by atoms with Gasteiger partial charge in [-0.3, -0.25) is 9.59 Å². The first-order chi connectivity index (χ1) is 12.3. The van der Waals surface area contributed by atoms with Crippen LogP contribution in [-0.4, -0.2) is 73.5 Å². The topological polar surface area (TPSA) is 123 Å². The van der Waals surface area contributed by atoms with E-state index in [1.807, 2.05) is 0 Å². The molecule has 0 aliphatic heterocycles. The first-order valence-corrected chi connectivity index (χ1v) is 8.90. The van der Waals surface area contributed by atoms with E-state index in [4.69, 9.17) is 0 Å². The molecule has 8 nitrogen and oxygen atoms in total. The minimum Gasteiger partial charge on any atom is -0.389 e. The Kier molecular flexibility index (Phi) is 13.5. The van der Waals surface area contributed by atoms with E-state index in [-0.39, 0.29) is 24.9 Å². The molecule has 2 amide bonds. The molecule has 2 atom stereocenters. The van der Waals surface area contributed by atoms with Gasteiger partial charge in [-0.1, -0.05) is 13.2 Å².